The summed E-state index contributed by atoms with van der Waals surface area (Å²) in [5.41, 5.74) is 0. The molecule has 0 spiro atoms. The van der Waals surface area contributed by atoms with Crippen molar-refractivity contribution < 1.29 is 23.8 Å². The molecule has 0 amide bonds. The lowest BCUT2D eigenvalue weighted by molar-refractivity contribution is -0.163. The summed E-state index contributed by atoms with van der Waals surface area (Å²) >= 11 is 0. The van der Waals surface area contributed by atoms with Gasteiger partial charge >= 0.3 is 11.9 Å². The van der Waals surface area contributed by atoms with Gasteiger partial charge in [-0.05, 0) is 19.3 Å². The highest BCUT2D eigenvalue weighted by Crippen LogP contribution is 2.14. The summed E-state index contributed by atoms with van der Waals surface area (Å²) in [7, 11) is 0. The van der Waals surface area contributed by atoms with Gasteiger partial charge in [-0.1, -0.05) is 181 Å². The van der Waals surface area contributed by atoms with Crippen molar-refractivity contribution in [1.82, 2.24) is 0 Å². The SMILES string of the molecule is CCCCCCCCCCCCCCCCOCC(COC(=O)CCCCCCCCC)OC(=O)CCCCCCCCC. The molecular weight excluding hydrogens is 548 g/mol. The van der Waals surface area contributed by atoms with Crippen LogP contribution in [0, 0.1) is 0 Å². The van der Waals surface area contributed by atoms with E-state index < -0.39 is 6.10 Å². The fraction of sp³-hybridized carbons (Fsp3) is 0.949. The molecule has 0 aromatic rings. The maximum atomic E-state index is 12.5. The lowest BCUT2D eigenvalue weighted by Crippen LogP contribution is -2.30. The van der Waals surface area contributed by atoms with Crippen LogP contribution in [0.2, 0.25) is 0 Å². The first-order valence-electron chi connectivity index (χ1n) is 19.6. The second-order valence-electron chi connectivity index (χ2n) is 13.2. The summed E-state index contributed by atoms with van der Waals surface area (Å²) in [5.74, 6) is -0.398. The Labute approximate surface area is 274 Å². The highest BCUT2D eigenvalue weighted by atomic mass is 16.6. The molecule has 0 N–H and O–H groups in total. The van der Waals surface area contributed by atoms with Crippen LogP contribution in [-0.2, 0) is 23.8 Å². The summed E-state index contributed by atoms with van der Waals surface area (Å²) in [4.78, 5) is 24.8. The predicted octanol–water partition coefficient (Wildman–Crippen LogP) is 12.2. The van der Waals surface area contributed by atoms with Crippen LogP contribution in [0.4, 0.5) is 0 Å². The molecule has 1 atom stereocenters. The van der Waals surface area contributed by atoms with Crippen molar-refractivity contribution in [3.05, 3.63) is 0 Å². The first kappa shape index (κ1) is 42.9. The van der Waals surface area contributed by atoms with Gasteiger partial charge in [0.05, 0.1) is 6.61 Å². The maximum Gasteiger partial charge on any atom is 0.306 e. The number of rotatable bonds is 36. The number of carbonyl (C=O) groups is 2. The van der Waals surface area contributed by atoms with Gasteiger partial charge in [-0.2, -0.15) is 0 Å². The smallest absolute Gasteiger partial charge is 0.306 e. The fourth-order valence-electron chi connectivity index (χ4n) is 5.69. The van der Waals surface area contributed by atoms with Gasteiger partial charge in [0.2, 0.25) is 0 Å². The van der Waals surface area contributed by atoms with Crippen molar-refractivity contribution >= 4 is 11.9 Å². The zero-order valence-electron chi connectivity index (χ0n) is 30.0. The van der Waals surface area contributed by atoms with E-state index in [1.807, 2.05) is 0 Å². The molecule has 0 heterocycles. The van der Waals surface area contributed by atoms with E-state index in [4.69, 9.17) is 14.2 Å². The van der Waals surface area contributed by atoms with Gasteiger partial charge in [0.25, 0.3) is 0 Å². The number of hydrogen-bond donors (Lipinski definition) is 0. The molecule has 0 aromatic carbocycles. The molecule has 262 valence electrons. The van der Waals surface area contributed by atoms with Crippen molar-refractivity contribution in [2.45, 2.75) is 219 Å². The molecule has 1 unspecified atom stereocenters. The topological polar surface area (TPSA) is 61.8 Å². The highest BCUT2D eigenvalue weighted by Gasteiger charge is 2.17. The zero-order valence-corrected chi connectivity index (χ0v) is 30.0. The van der Waals surface area contributed by atoms with Crippen molar-refractivity contribution in [2.24, 2.45) is 0 Å². The van der Waals surface area contributed by atoms with Crippen LogP contribution >= 0.6 is 0 Å². The second kappa shape index (κ2) is 36.4. The minimum absolute atomic E-state index is 0.0941. The van der Waals surface area contributed by atoms with Crippen molar-refractivity contribution in [2.75, 3.05) is 19.8 Å². The second-order valence-corrected chi connectivity index (χ2v) is 13.2. The Morgan fingerprint density at radius 3 is 1.16 bits per heavy atom. The third kappa shape index (κ3) is 33.8. The summed E-state index contributed by atoms with van der Waals surface area (Å²) < 4.78 is 17.1. The first-order valence-corrected chi connectivity index (χ1v) is 19.6. The standard InChI is InChI=1S/C39H76O5/c1-4-7-10-13-16-17-18-19-20-21-22-25-28-31-34-42-35-37(44-39(41)33-30-27-24-15-12-9-6-3)36-43-38(40)32-29-26-23-14-11-8-5-2/h37H,4-36H2,1-3H3. The van der Waals surface area contributed by atoms with Crippen LogP contribution in [0.3, 0.4) is 0 Å². The van der Waals surface area contributed by atoms with Crippen LogP contribution < -0.4 is 0 Å². The van der Waals surface area contributed by atoms with Crippen molar-refractivity contribution in [3.63, 3.8) is 0 Å². The molecule has 0 rings (SSSR count). The largest absolute Gasteiger partial charge is 0.462 e. The molecule has 0 aliphatic rings. The van der Waals surface area contributed by atoms with Crippen molar-refractivity contribution in [1.29, 1.82) is 0 Å². The van der Waals surface area contributed by atoms with Gasteiger partial charge in [0.1, 0.15) is 6.61 Å². The molecule has 0 aliphatic heterocycles. The summed E-state index contributed by atoms with van der Waals surface area (Å²) in [6.45, 7) is 7.78. The highest BCUT2D eigenvalue weighted by molar-refractivity contribution is 5.70. The first-order chi connectivity index (χ1) is 21.6. The Morgan fingerprint density at radius 1 is 0.409 bits per heavy atom. The quantitative estimate of drug-likeness (QED) is 0.0512. The predicted molar refractivity (Wildman–Crippen MR) is 187 cm³/mol. The van der Waals surface area contributed by atoms with Gasteiger partial charge in [-0.15, -0.1) is 0 Å². The normalized spacial score (nSPS) is 12.0. The Balaban J connectivity index is 4.09. The average Bonchev–Trinajstić information content (AvgIpc) is 3.02. The summed E-state index contributed by atoms with van der Waals surface area (Å²) in [5, 5.41) is 0. The molecule has 0 bridgehead atoms. The molecular formula is C39H76O5. The fourth-order valence-corrected chi connectivity index (χ4v) is 5.69. The Hall–Kier alpha value is -1.10. The van der Waals surface area contributed by atoms with Gasteiger partial charge in [0.15, 0.2) is 6.10 Å². The van der Waals surface area contributed by atoms with Gasteiger partial charge < -0.3 is 14.2 Å². The van der Waals surface area contributed by atoms with Crippen LogP contribution in [0.15, 0.2) is 0 Å². The van der Waals surface area contributed by atoms with Gasteiger partial charge in [-0.3, -0.25) is 9.59 Å². The Morgan fingerprint density at radius 2 is 0.750 bits per heavy atom. The average molecular weight is 625 g/mol. The van der Waals surface area contributed by atoms with E-state index in [-0.39, 0.29) is 18.5 Å². The van der Waals surface area contributed by atoms with Crippen LogP contribution in [0.25, 0.3) is 0 Å². The molecule has 5 nitrogen and oxygen atoms in total. The number of unbranched alkanes of at least 4 members (excludes halogenated alkanes) is 25. The van der Waals surface area contributed by atoms with E-state index in [1.165, 1.54) is 148 Å². The molecule has 44 heavy (non-hydrogen) atoms. The molecule has 0 aliphatic carbocycles. The minimum Gasteiger partial charge on any atom is -0.462 e. The Kier molecular flexibility index (Phi) is 35.5. The van der Waals surface area contributed by atoms with Crippen LogP contribution in [-0.4, -0.2) is 37.9 Å². The molecule has 0 saturated heterocycles. The monoisotopic (exact) mass is 625 g/mol. The van der Waals surface area contributed by atoms with E-state index in [2.05, 4.69) is 20.8 Å². The maximum absolute atomic E-state index is 12.5. The van der Waals surface area contributed by atoms with E-state index in [0.717, 1.165) is 32.1 Å². The van der Waals surface area contributed by atoms with E-state index in [1.54, 1.807) is 0 Å². The molecule has 0 saturated carbocycles. The molecule has 0 radical (unpaired) electrons. The molecule has 0 fully saturated rings. The van der Waals surface area contributed by atoms with Crippen LogP contribution in [0.5, 0.6) is 0 Å². The lowest BCUT2D eigenvalue weighted by atomic mass is 10.0. The summed E-state index contributed by atoms with van der Waals surface area (Å²) in [6.07, 6.45) is 35.4. The van der Waals surface area contributed by atoms with Gasteiger partial charge in [0, 0.05) is 19.4 Å². The van der Waals surface area contributed by atoms with E-state index in [9.17, 15) is 9.59 Å². The minimum atomic E-state index is -0.517. The third-order valence-electron chi connectivity index (χ3n) is 8.64. The molecule has 5 heteroatoms. The number of carbonyl (C=O) groups excluding carboxylic acids is 2. The van der Waals surface area contributed by atoms with Crippen molar-refractivity contribution in [3.8, 4) is 0 Å². The zero-order chi connectivity index (χ0) is 32.2. The lowest BCUT2D eigenvalue weighted by Gasteiger charge is -2.18. The third-order valence-corrected chi connectivity index (χ3v) is 8.64. The number of hydrogen-bond acceptors (Lipinski definition) is 5. The summed E-state index contributed by atoms with van der Waals surface area (Å²) in [6, 6.07) is 0. The number of ether oxygens (including phenoxy) is 3. The van der Waals surface area contributed by atoms with Crippen LogP contribution in [0.1, 0.15) is 213 Å². The van der Waals surface area contributed by atoms with E-state index >= 15 is 0 Å². The Bertz CT molecular complexity index is 593. The van der Waals surface area contributed by atoms with E-state index in [0.29, 0.717) is 26.1 Å². The van der Waals surface area contributed by atoms with Gasteiger partial charge in [-0.25, -0.2) is 0 Å². The number of esters is 2. The molecule has 0 aromatic heterocycles.